The number of nitro groups is 1. The van der Waals surface area contributed by atoms with Gasteiger partial charge in [-0.3, -0.25) is 10.1 Å². The fraction of sp³-hybridized carbons (Fsp3) is 0.318. The molecule has 33 heavy (non-hydrogen) atoms. The first-order valence-electron chi connectivity index (χ1n) is 10.1. The standard InChI is InChI=1S/C22H20F3N3O5/c1-2-17-12-31-21(33-17,13-27-10-9-26-14-27)15-3-6-18(7-4-15)32-20-8-5-16(22(23,24)25)11-19(20)28(29)30/h3-11,14,17H,2,12-13H2,1H3. The summed E-state index contributed by atoms with van der Waals surface area (Å²) in [5.74, 6) is -1.14. The molecule has 1 aromatic heterocycles. The first-order chi connectivity index (χ1) is 15.7. The number of rotatable bonds is 7. The smallest absolute Gasteiger partial charge is 0.416 e. The van der Waals surface area contributed by atoms with Crippen molar-refractivity contribution in [2.45, 2.75) is 38.0 Å². The van der Waals surface area contributed by atoms with Crippen LogP contribution in [0.4, 0.5) is 18.9 Å². The molecule has 2 atom stereocenters. The molecule has 2 unspecified atom stereocenters. The van der Waals surface area contributed by atoms with Crippen LogP contribution >= 0.6 is 0 Å². The van der Waals surface area contributed by atoms with Crippen molar-refractivity contribution in [3.63, 3.8) is 0 Å². The summed E-state index contributed by atoms with van der Waals surface area (Å²) >= 11 is 0. The molecule has 0 amide bonds. The van der Waals surface area contributed by atoms with Crippen LogP contribution in [-0.2, 0) is 28.0 Å². The minimum atomic E-state index is -4.70. The Bertz CT molecular complexity index is 1120. The second-order valence-electron chi connectivity index (χ2n) is 7.51. The van der Waals surface area contributed by atoms with Crippen molar-refractivity contribution in [1.82, 2.24) is 9.55 Å². The number of benzene rings is 2. The number of aromatic nitrogens is 2. The number of alkyl halides is 3. The monoisotopic (exact) mass is 463 g/mol. The van der Waals surface area contributed by atoms with Crippen LogP contribution in [0, 0.1) is 10.1 Å². The van der Waals surface area contributed by atoms with Crippen LogP contribution < -0.4 is 4.74 Å². The van der Waals surface area contributed by atoms with Gasteiger partial charge in [-0.15, -0.1) is 0 Å². The lowest BCUT2D eigenvalue weighted by Gasteiger charge is -2.29. The predicted octanol–water partition coefficient (Wildman–Crippen LogP) is 5.28. The summed E-state index contributed by atoms with van der Waals surface area (Å²) in [5.41, 5.74) is -1.21. The van der Waals surface area contributed by atoms with E-state index in [1.54, 1.807) is 43.0 Å². The highest BCUT2D eigenvalue weighted by molar-refractivity contribution is 5.51. The first-order valence-corrected chi connectivity index (χ1v) is 10.1. The van der Waals surface area contributed by atoms with Crippen molar-refractivity contribution in [2.24, 2.45) is 0 Å². The van der Waals surface area contributed by atoms with Crippen LogP contribution in [0.3, 0.4) is 0 Å². The van der Waals surface area contributed by atoms with E-state index in [1.807, 2.05) is 11.5 Å². The van der Waals surface area contributed by atoms with E-state index in [-0.39, 0.29) is 17.6 Å². The maximum absolute atomic E-state index is 12.9. The molecule has 1 fully saturated rings. The highest BCUT2D eigenvalue weighted by Gasteiger charge is 2.43. The van der Waals surface area contributed by atoms with E-state index in [0.29, 0.717) is 24.8 Å². The Morgan fingerprint density at radius 3 is 2.61 bits per heavy atom. The van der Waals surface area contributed by atoms with Gasteiger partial charge in [0.25, 0.3) is 0 Å². The molecule has 1 saturated heterocycles. The van der Waals surface area contributed by atoms with Crippen LogP contribution in [0.25, 0.3) is 0 Å². The number of imidazole rings is 1. The maximum atomic E-state index is 12.9. The average Bonchev–Trinajstić information content (AvgIpc) is 3.44. The van der Waals surface area contributed by atoms with E-state index in [0.717, 1.165) is 18.6 Å². The van der Waals surface area contributed by atoms with Crippen molar-refractivity contribution < 1.29 is 32.3 Å². The predicted molar refractivity (Wildman–Crippen MR) is 110 cm³/mol. The Balaban J connectivity index is 1.59. The second kappa shape index (κ2) is 8.83. The van der Waals surface area contributed by atoms with Crippen molar-refractivity contribution in [2.75, 3.05) is 6.61 Å². The Kier molecular flexibility index (Phi) is 6.09. The van der Waals surface area contributed by atoms with Crippen molar-refractivity contribution in [1.29, 1.82) is 0 Å². The molecule has 0 saturated carbocycles. The van der Waals surface area contributed by atoms with Crippen molar-refractivity contribution in [3.05, 3.63) is 82.4 Å². The van der Waals surface area contributed by atoms with E-state index in [9.17, 15) is 23.3 Å². The Hall–Kier alpha value is -3.44. The van der Waals surface area contributed by atoms with E-state index in [1.165, 1.54) is 0 Å². The number of ether oxygens (including phenoxy) is 3. The quantitative estimate of drug-likeness (QED) is 0.350. The Morgan fingerprint density at radius 2 is 2.03 bits per heavy atom. The molecule has 0 spiro atoms. The lowest BCUT2D eigenvalue weighted by atomic mass is 10.1. The topological polar surface area (TPSA) is 88.7 Å². The minimum Gasteiger partial charge on any atom is -0.450 e. The second-order valence-corrected chi connectivity index (χ2v) is 7.51. The van der Waals surface area contributed by atoms with Gasteiger partial charge in [0.15, 0.2) is 0 Å². The van der Waals surface area contributed by atoms with Gasteiger partial charge < -0.3 is 18.8 Å². The zero-order valence-corrected chi connectivity index (χ0v) is 17.5. The lowest BCUT2D eigenvalue weighted by Crippen LogP contribution is -2.33. The number of hydrogen-bond donors (Lipinski definition) is 0. The molecule has 2 aromatic carbocycles. The molecule has 3 aromatic rings. The minimum absolute atomic E-state index is 0.0840. The summed E-state index contributed by atoms with van der Waals surface area (Å²) < 4.78 is 58.4. The third kappa shape index (κ3) is 4.83. The molecule has 1 aliphatic rings. The first kappa shape index (κ1) is 22.7. The third-order valence-corrected chi connectivity index (χ3v) is 5.27. The van der Waals surface area contributed by atoms with E-state index >= 15 is 0 Å². The average molecular weight is 463 g/mol. The highest BCUT2D eigenvalue weighted by atomic mass is 19.4. The lowest BCUT2D eigenvalue weighted by molar-refractivity contribution is -0.385. The largest absolute Gasteiger partial charge is 0.450 e. The number of hydrogen-bond acceptors (Lipinski definition) is 6. The summed E-state index contributed by atoms with van der Waals surface area (Å²) in [5, 5.41) is 11.3. The molecule has 8 nitrogen and oxygen atoms in total. The number of nitro benzene ring substituents is 1. The van der Waals surface area contributed by atoms with Gasteiger partial charge in [-0.25, -0.2) is 4.98 Å². The van der Waals surface area contributed by atoms with Crippen LogP contribution in [0.1, 0.15) is 24.5 Å². The summed E-state index contributed by atoms with van der Waals surface area (Å²) in [6.07, 6.45) is 1.06. The van der Waals surface area contributed by atoms with Crippen molar-refractivity contribution in [3.8, 4) is 11.5 Å². The van der Waals surface area contributed by atoms with Gasteiger partial charge >= 0.3 is 11.9 Å². The van der Waals surface area contributed by atoms with Gasteiger partial charge in [0.2, 0.25) is 11.5 Å². The van der Waals surface area contributed by atoms with E-state index < -0.39 is 28.1 Å². The number of nitrogens with zero attached hydrogens (tertiary/aromatic N) is 3. The zero-order chi connectivity index (χ0) is 23.6. The highest BCUT2D eigenvalue weighted by Crippen LogP contribution is 2.40. The van der Waals surface area contributed by atoms with E-state index in [4.69, 9.17) is 14.2 Å². The summed E-state index contributed by atoms with van der Waals surface area (Å²) in [4.78, 5) is 14.4. The summed E-state index contributed by atoms with van der Waals surface area (Å²) in [6, 6.07) is 8.62. The molecule has 0 aliphatic carbocycles. The van der Waals surface area contributed by atoms with Gasteiger partial charge in [0, 0.05) is 24.0 Å². The van der Waals surface area contributed by atoms with Crippen LogP contribution in [0.15, 0.2) is 61.2 Å². The fourth-order valence-corrected chi connectivity index (χ4v) is 3.54. The SMILES string of the molecule is CCC1COC(Cn2ccnc2)(c2ccc(Oc3ccc(C(F)(F)F)cc3[N+](=O)[O-])cc2)O1. The van der Waals surface area contributed by atoms with E-state index in [2.05, 4.69) is 4.98 Å². The Morgan fingerprint density at radius 1 is 1.27 bits per heavy atom. The van der Waals surface area contributed by atoms with Crippen LogP contribution in [0.5, 0.6) is 11.5 Å². The van der Waals surface area contributed by atoms with Gasteiger partial charge in [-0.1, -0.05) is 6.92 Å². The molecule has 0 radical (unpaired) electrons. The van der Waals surface area contributed by atoms with Gasteiger partial charge in [-0.05, 0) is 42.8 Å². The maximum Gasteiger partial charge on any atom is 0.416 e. The normalized spacial score (nSPS) is 20.7. The van der Waals surface area contributed by atoms with Crippen LogP contribution in [0.2, 0.25) is 0 Å². The number of halogens is 3. The molecular formula is C22H20F3N3O5. The van der Waals surface area contributed by atoms with Crippen molar-refractivity contribution >= 4 is 5.69 Å². The molecular weight excluding hydrogens is 443 g/mol. The summed E-state index contributed by atoms with van der Waals surface area (Å²) in [6.45, 7) is 2.77. The van der Waals surface area contributed by atoms with Gasteiger partial charge in [0.05, 0.1) is 36.1 Å². The zero-order valence-electron chi connectivity index (χ0n) is 17.5. The molecule has 2 heterocycles. The third-order valence-electron chi connectivity index (χ3n) is 5.27. The Labute approximate surface area is 186 Å². The molecule has 11 heteroatoms. The fourth-order valence-electron chi connectivity index (χ4n) is 3.54. The van der Waals surface area contributed by atoms with Gasteiger partial charge in [-0.2, -0.15) is 13.2 Å². The molecule has 1 aliphatic heterocycles. The molecule has 0 N–H and O–H groups in total. The summed E-state index contributed by atoms with van der Waals surface area (Å²) in [7, 11) is 0. The van der Waals surface area contributed by atoms with Crippen LogP contribution in [-0.4, -0.2) is 27.2 Å². The molecule has 174 valence electrons. The molecule has 0 bridgehead atoms. The molecule has 4 rings (SSSR count). The van der Waals surface area contributed by atoms with Gasteiger partial charge in [0.1, 0.15) is 5.75 Å².